The van der Waals surface area contributed by atoms with Gasteiger partial charge in [-0.05, 0) is 53.6 Å². The molecule has 274 valence electrons. The summed E-state index contributed by atoms with van der Waals surface area (Å²) in [6, 6.07) is 32.1. The van der Waals surface area contributed by atoms with E-state index in [1.165, 1.54) is 53.1 Å². The number of rotatable bonds is 5. The monoisotopic (exact) mass is 754 g/mol. The quantitative estimate of drug-likeness (QED) is 0.164. The first-order valence-corrected chi connectivity index (χ1v) is 16.6. The van der Waals surface area contributed by atoms with Crippen molar-refractivity contribution in [3.63, 3.8) is 0 Å². The smallest absolute Gasteiger partial charge is 0.309 e. The van der Waals surface area contributed by atoms with Gasteiger partial charge in [0.2, 0.25) is 0 Å². The molecule has 0 N–H and O–H groups in total. The summed E-state index contributed by atoms with van der Waals surface area (Å²) in [5.74, 6) is 0.257. The van der Waals surface area contributed by atoms with Crippen LogP contribution >= 0.6 is 0 Å². The van der Waals surface area contributed by atoms with Crippen LogP contribution in [0, 0.1) is 0 Å². The second-order valence-electron chi connectivity index (χ2n) is 12.6. The zero-order valence-electron chi connectivity index (χ0n) is 28.0. The fourth-order valence-electron chi connectivity index (χ4n) is 6.63. The van der Waals surface area contributed by atoms with E-state index in [-0.39, 0.29) is 61.7 Å². The van der Waals surface area contributed by atoms with E-state index in [2.05, 4.69) is 4.98 Å². The van der Waals surface area contributed by atoms with E-state index in [0.717, 1.165) is 30.3 Å². The maximum Gasteiger partial charge on any atom is 0.417 e. The van der Waals surface area contributed by atoms with Gasteiger partial charge in [-0.25, -0.2) is 15.0 Å². The fraction of sp³-hybridized carbons (Fsp3) is 0.0714. The Morgan fingerprint density at radius 1 is 0.382 bits per heavy atom. The summed E-state index contributed by atoms with van der Waals surface area (Å²) in [5, 5.41) is 0.449. The van der Waals surface area contributed by atoms with Gasteiger partial charge < -0.3 is 4.57 Å². The Kier molecular flexibility index (Phi) is 8.47. The number of hydrogen-bond acceptors (Lipinski definition) is 3. The maximum atomic E-state index is 14.5. The highest BCUT2D eigenvalue weighted by atomic mass is 19.4. The van der Waals surface area contributed by atoms with E-state index in [1.807, 2.05) is 0 Å². The van der Waals surface area contributed by atoms with Gasteiger partial charge in [-0.1, -0.05) is 97.1 Å². The van der Waals surface area contributed by atoms with Crippen molar-refractivity contribution >= 4 is 21.8 Å². The minimum absolute atomic E-state index is 0.00799. The molecule has 0 amide bonds. The zero-order valence-corrected chi connectivity index (χ0v) is 28.0. The molecule has 2 heterocycles. The number of halogens is 9. The van der Waals surface area contributed by atoms with Gasteiger partial charge >= 0.3 is 18.5 Å². The predicted octanol–water partition coefficient (Wildman–Crippen LogP) is 12.7. The molecular weight excluding hydrogens is 731 g/mol. The second-order valence-corrected chi connectivity index (χ2v) is 12.6. The lowest BCUT2D eigenvalue weighted by Crippen LogP contribution is -2.08. The molecule has 0 aliphatic carbocycles. The second kappa shape index (κ2) is 13.1. The number of nitrogens with zero attached hydrogens (tertiary/aromatic N) is 4. The van der Waals surface area contributed by atoms with Gasteiger partial charge in [-0.15, -0.1) is 0 Å². The standard InChI is InChI=1S/C42H23F9N4/c43-40(44,45)26-15-18-31-32-19-16-27(41(46,47)48)22-36(32)55(35(31)21-26)28-17-20-29(30-13-7-8-14-34(30)42(49,50)51)33(23-28)39-53-37(24-9-3-1-4-10-24)52-38(54-39)25-11-5-2-6-12-25/h1-23H. The van der Waals surface area contributed by atoms with Gasteiger partial charge in [0.25, 0.3) is 0 Å². The summed E-state index contributed by atoms with van der Waals surface area (Å²) in [4.78, 5) is 14.1. The molecule has 55 heavy (non-hydrogen) atoms. The number of aromatic nitrogens is 4. The van der Waals surface area contributed by atoms with Crippen molar-refractivity contribution in [2.75, 3.05) is 0 Å². The maximum absolute atomic E-state index is 14.5. The molecule has 13 heteroatoms. The van der Waals surface area contributed by atoms with Gasteiger partial charge in [0.05, 0.1) is 27.7 Å². The molecule has 6 aromatic carbocycles. The molecule has 0 fully saturated rings. The number of alkyl halides is 9. The third-order valence-corrected chi connectivity index (χ3v) is 9.15. The molecule has 0 bridgehead atoms. The normalized spacial score (nSPS) is 12.5. The molecule has 2 aromatic heterocycles. The Hall–Kier alpha value is -6.50. The molecule has 0 saturated heterocycles. The van der Waals surface area contributed by atoms with Gasteiger partial charge in [0.1, 0.15) is 0 Å². The van der Waals surface area contributed by atoms with Crippen molar-refractivity contribution in [2.45, 2.75) is 18.5 Å². The largest absolute Gasteiger partial charge is 0.417 e. The topological polar surface area (TPSA) is 43.6 Å². The molecule has 0 radical (unpaired) electrons. The minimum Gasteiger partial charge on any atom is -0.309 e. The van der Waals surface area contributed by atoms with Crippen LogP contribution in [0.4, 0.5) is 39.5 Å². The summed E-state index contributed by atoms with van der Waals surface area (Å²) in [5.41, 5.74) is -2.31. The van der Waals surface area contributed by atoms with Crippen LogP contribution in [-0.2, 0) is 18.5 Å². The van der Waals surface area contributed by atoms with E-state index < -0.39 is 35.2 Å². The average molecular weight is 755 g/mol. The van der Waals surface area contributed by atoms with Crippen molar-refractivity contribution in [1.82, 2.24) is 19.5 Å². The Bertz CT molecular complexity index is 2590. The molecule has 4 nitrogen and oxygen atoms in total. The molecule has 0 saturated carbocycles. The van der Waals surface area contributed by atoms with E-state index in [4.69, 9.17) is 9.97 Å². The predicted molar refractivity (Wildman–Crippen MR) is 191 cm³/mol. The van der Waals surface area contributed by atoms with Crippen LogP contribution in [0.1, 0.15) is 16.7 Å². The van der Waals surface area contributed by atoms with Crippen molar-refractivity contribution < 1.29 is 39.5 Å². The zero-order chi connectivity index (χ0) is 38.7. The Morgan fingerprint density at radius 2 is 0.855 bits per heavy atom. The van der Waals surface area contributed by atoms with Crippen LogP contribution in [0.25, 0.3) is 72.8 Å². The van der Waals surface area contributed by atoms with E-state index in [0.29, 0.717) is 11.1 Å². The van der Waals surface area contributed by atoms with Crippen LogP contribution in [-0.4, -0.2) is 19.5 Å². The lowest BCUT2D eigenvalue weighted by Gasteiger charge is -2.18. The summed E-state index contributed by atoms with van der Waals surface area (Å²) in [7, 11) is 0. The van der Waals surface area contributed by atoms with Crippen LogP contribution in [0.5, 0.6) is 0 Å². The van der Waals surface area contributed by atoms with Crippen molar-refractivity contribution in [1.29, 1.82) is 0 Å². The van der Waals surface area contributed by atoms with Crippen molar-refractivity contribution in [2.24, 2.45) is 0 Å². The highest BCUT2D eigenvalue weighted by molar-refractivity contribution is 6.10. The summed E-state index contributed by atoms with van der Waals surface area (Å²) >= 11 is 0. The lowest BCUT2D eigenvalue weighted by atomic mass is 9.94. The van der Waals surface area contributed by atoms with Gasteiger partial charge in [-0.3, -0.25) is 0 Å². The van der Waals surface area contributed by atoms with Gasteiger partial charge in [0.15, 0.2) is 17.5 Å². The third kappa shape index (κ3) is 6.66. The minimum atomic E-state index is -4.80. The number of fused-ring (bicyclic) bond motifs is 3. The van der Waals surface area contributed by atoms with E-state index >= 15 is 0 Å². The first kappa shape index (κ1) is 35.5. The number of hydrogen-bond donors (Lipinski definition) is 0. The lowest BCUT2D eigenvalue weighted by molar-refractivity contribution is -0.138. The average Bonchev–Trinajstić information content (AvgIpc) is 3.50. The van der Waals surface area contributed by atoms with Crippen LogP contribution in [0.15, 0.2) is 140 Å². The summed E-state index contributed by atoms with van der Waals surface area (Å²) in [6.07, 6.45) is -14.4. The molecule has 0 atom stereocenters. The molecular formula is C42H23F9N4. The fourth-order valence-corrected chi connectivity index (χ4v) is 6.63. The summed E-state index contributed by atoms with van der Waals surface area (Å²) < 4.78 is 129. The van der Waals surface area contributed by atoms with Crippen LogP contribution < -0.4 is 0 Å². The highest BCUT2D eigenvalue weighted by Crippen LogP contribution is 2.44. The van der Waals surface area contributed by atoms with E-state index in [9.17, 15) is 39.5 Å². The Labute approximate surface area is 306 Å². The molecule has 8 rings (SSSR count). The Morgan fingerprint density at radius 3 is 1.35 bits per heavy atom. The van der Waals surface area contributed by atoms with Crippen LogP contribution in [0.3, 0.4) is 0 Å². The van der Waals surface area contributed by atoms with Gasteiger partial charge in [-0.2, -0.15) is 39.5 Å². The molecule has 0 unspecified atom stereocenters. The van der Waals surface area contributed by atoms with Crippen molar-refractivity contribution in [3.05, 3.63) is 156 Å². The summed E-state index contributed by atoms with van der Waals surface area (Å²) in [6.45, 7) is 0. The first-order valence-electron chi connectivity index (χ1n) is 16.6. The van der Waals surface area contributed by atoms with Crippen molar-refractivity contribution in [3.8, 4) is 51.0 Å². The Balaban J connectivity index is 1.48. The van der Waals surface area contributed by atoms with Gasteiger partial charge in [0, 0.05) is 33.2 Å². The SMILES string of the molecule is FC(F)(F)c1ccc2c3ccc(C(F)(F)F)cc3n(-c3ccc(-c4ccccc4C(F)(F)F)c(-c4nc(-c5ccccc5)nc(-c5ccccc5)n4)c3)c2c1. The molecule has 8 aromatic rings. The number of benzene rings is 6. The third-order valence-electron chi connectivity index (χ3n) is 9.15. The first-order chi connectivity index (χ1) is 26.2. The molecule has 0 spiro atoms. The van der Waals surface area contributed by atoms with E-state index in [1.54, 1.807) is 60.7 Å². The molecule has 0 aliphatic heterocycles. The van der Waals surface area contributed by atoms with Crippen LogP contribution in [0.2, 0.25) is 0 Å². The molecule has 0 aliphatic rings. The highest BCUT2D eigenvalue weighted by Gasteiger charge is 2.35.